The average Bonchev–Trinajstić information content (AvgIpc) is 3.41. The summed E-state index contributed by atoms with van der Waals surface area (Å²) in [6.45, 7) is 2.44. The zero-order chi connectivity index (χ0) is 22.5. The van der Waals surface area contributed by atoms with Crippen molar-refractivity contribution in [3.05, 3.63) is 68.9 Å². The normalized spacial score (nSPS) is 12.8. The summed E-state index contributed by atoms with van der Waals surface area (Å²) >= 11 is 7.54. The predicted octanol–water partition coefficient (Wildman–Crippen LogP) is 6.27. The molecule has 0 atom stereocenters. The lowest BCUT2D eigenvalue weighted by atomic mass is 9.95. The molecule has 0 radical (unpaired) electrons. The summed E-state index contributed by atoms with van der Waals surface area (Å²) in [6.07, 6.45) is 4.58. The second-order valence-electron chi connectivity index (χ2n) is 7.49. The first kappa shape index (κ1) is 22.4. The van der Waals surface area contributed by atoms with E-state index in [2.05, 4.69) is 5.32 Å². The van der Waals surface area contributed by atoms with Crippen LogP contribution in [-0.4, -0.2) is 18.5 Å². The van der Waals surface area contributed by atoms with Crippen LogP contribution in [0.3, 0.4) is 0 Å². The number of furan rings is 1. The van der Waals surface area contributed by atoms with Crippen LogP contribution >= 0.6 is 22.9 Å². The number of hydrogen-bond acceptors (Lipinski definition) is 6. The molecule has 6 nitrogen and oxygen atoms in total. The van der Waals surface area contributed by atoms with Crippen molar-refractivity contribution in [3.8, 4) is 5.75 Å². The third-order valence-electron chi connectivity index (χ3n) is 5.13. The molecule has 1 aliphatic rings. The summed E-state index contributed by atoms with van der Waals surface area (Å²) in [6, 6.07) is 10.4. The number of benzene rings is 1. The number of aryl methyl sites for hydroxylation is 1. The number of anilines is 1. The average molecular weight is 474 g/mol. The summed E-state index contributed by atoms with van der Waals surface area (Å²) in [5.41, 5.74) is 1.49. The lowest BCUT2D eigenvalue weighted by Gasteiger charge is -2.12. The van der Waals surface area contributed by atoms with E-state index in [1.165, 1.54) is 11.3 Å². The van der Waals surface area contributed by atoms with E-state index in [9.17, 15) is 9.59 Å². The number of nitrogens with one attached hydrogen (secondary N) is 1. The van der Waals surface area contributed by atoms with Crippen molar-refractivity contribution in [2.75, 3.05) is 11.9 Å². The van der Waals surface area contributed by atoms with Crippen molar-refractivity contribution in [2.24, 2.45) is 0 Å². The molecule has 1 aliphatic carbocycles. The van der Waals surface area contributed by atoms with Gasteiger partial charge in [-0.2, -0.15) is 0 Å². The number of carbonyl (C=O) groups is 2. The summed E-state index contributed by atoms with van der Waals surface area (Å²) in [4.78, 5) is 26.7. The molecule has 0 unspecified atom stereocenters. The fourth-order valence-electron chi connectivity index (χ4n) is 3.59. The van der Waals surface area contributed by atoms with Crippen LogP contribution in [0.1, 0.15) is 63.3 Å². The maximum absolute atomic E-state index is 12.8. The SMILES string of the molecule is CCCOC(=O)c1c(NC(=O)c2ccc(COc3ccccc3Cl)o2)sc2c1CCCC2. The minimum absolute atomic E-state index is 0.138. The molecule has 168 valence electrons. The van der Waals surface area contributed by atoms with Crippen LogP contribution in [-0.2, 0) is 24.2 Å². The van der Waals surface area contributed by atoms with Crippen molar-refractivity contribution in [2.45, 2.75) is 45.6 Å². The van der Waals surface area contributed by atoms with E-state index in [4.69, 9.17) is 25.5 Å². The second-order valence-corrected chi connectivity index (χ2v) is 9.00. The summed E-state index contributed by atoms with van der Waals surface area (Å²) < 4.78 is 16.7. The fourth-order valence-corrected chi connectivity index (χ4v) is 5.05. The van der Waals surface area contributed by atoms with E-state index in [-0.39, 0.29) is 18.3 Å². The Morgan fingerprint density at radius 3 is 2.78 bits per heavy atom. The number of fused-ring (bicyclic) bond motifs is 1. The molecule has 32 heavy (non-hydrogen) atoms. The van der Waals surface area contributed by atoms with E-state index in [1.54, 1.807) is 24.3 Å². The van der Waals surface area contributed by atoms with Gasteiger partial charge in [-0.3, -0.25) is 4.79 Å². The molecule has 0 saturated carbocycles. The molecule has 0 saturated heterocycles. The van der Waals surface area contributed by atoms with E-state index in [0.717, 1.165) is 42.5 Å². The highest BCUT2D eigenvalue weighted by Crippen LogP contribution is 2.39. The molecule has 1 N–H and O–H groups in total. The quantitative estimate of drug-likeness (QED) is 0.390. The number of para-hydroxylation sites is 1. The second kappa shape index (κ2) is 10.2. The van der Waals surface area contributed by atoms with Gasteiger partial charge in [-0.25, -0.2) is 4.79 Å². The van der Waals surface area contributed by atoms with Gasteiger partial charge in [0.25, 0.3) is 5.91 Å². The molecule has 2 aromatic heterocycles. The zero-order valence-corrected chi connectivity index (χ0v) is 19.3. The van der Waals surface area contributed by atoms with Crippen molar-refractivity contribution in [3.63, 3.8) is 0 Å². The topological polar surface area (TPSA) is 77.8 Å². The Hall–Kier alpha value is -2.77. The molecule has 0 bridgehead atoms. The van der Waals surface area contributed by atoms with Crippen LogP contribution in [0.25, 0.3) is 0 Å². The van der Waals surface area contributed by atoms with Crippen molar-refractivity contribution >= 4 is 39.8 Å². The van der Waals surface area contributed by atoms with E-state index >= 15 is 0 Å². The van der Waals surface area contributed by atoms with Gasteiger partial charge in [-0.05, 0) is 61.9 Å². The Balaban J connectivity index is 1.48. The van der Waals surface area contributed by atoms with Gasteiger partial charge in [0.1, 0.15) is 23.1 Å². The number of ether oxygens (including phenoxy) is 2. The first-order chi connectivity index (χ1) is 15.6. The van der Waals surface area contributed by atoms with E-state index < -0.39 is 5.91 Å². The molecule has 1 amide bonds. The van der Waals surface area contributed by atoms with Crippen LogP contribution in [0.4, 0.5) is 5.00 Å². The number of hydrogen-bond donors (Lipinski definition) is 1. The summed E-state index contributed by atoms with van der Waals surface area (Å²) in [7, 11) is 0. The van der Waals surface area contributed by atoms with Gasteiger partial charge in [0.2, 0.25) is 0 Å². The minimum atomic E-state index is -0.419. The molecule has 0 aliphatic heterocycles. The van der Waals surface area contributed by atoms with Crippen LogP contribution in [0.5, 0.6) is 5.75 Å². The van der Waals surface area contributed by atoms with Crippen LogP contribution < -0.4 is 10.1 Å². The largest absolute Gasteiger partial charge is 0.484 e. The number of halogens is 1. The Morgan fingerprint density at radius 1 is 1.16 bits per heavy atom. The Bertz CT molecular complexity index is 1120. The third-order valence-corrected chi connectivity index (χ3v) is 6.65. The molecular weight excluding hydrogens is 450 g/mol. The standard InChI is InChI=1S/C24H24ClNO5S/c1-2-13-29-24(28)21-16-7-3-6-10-20(16)32-23(21)26-22(27)19-12-11-15(31-19)14-30-18-9-5-4-8-17(18)25/h4-5,8-9,11-12H,2-3,6-7,10,13-14H2,1H3,(H,26,27). The van der Waals surface area contributed by atoms with E-state index in [0.29, 0.717) is 33.7 Å². The maximum atomic E-state index is 12.8. The molecule has 4 rings (SSSR count). The Labute approximate surface area is 195 Å². The highest BCUT2D eigenvalue weighted by atomic mass is 35.5. The summed E-state index contributed by atoms with van der Waals surface area (Å²) in [5, 5.41) is 3.88. The molecular formula is C24H24ClNO5S. The summed E-state index contributed by atoms with van der Waals surface area (Å²) in [5.74, 6) is 0.369. The first-order valence-electron chi connectivity index (χ1n) is 10.7. The highest BCUT2D eigenvalue weighted by Gasteiger charge is 2.28. The molecule has 0 fully saturated rings. The molecule has 2 heterocycles. The number of amides is 1. The van der Waals surface area contributed by atoms with Gasteiger partial charge in [0, 0.05) is 4.88 Å². The van der Waals surface area contributed by atoms with Crippen LogP contribution in [0.2, 0.25) is 5.02 Å². The van der Waals surface area contributed by atoms with Crippen LogP contribution in [0.15, 0.2) is 40.8 Å². The maximum Gasteiger partial charge on any atom is 0.341 e. The van der Waals surface area contributed by atoms with E-state index in [1.807, 2.05) is 19.1 Å². The molecule has 1 aromatic carbocycles. The number of thiophene rings is 1. The van der Waals surface area contributed by atoms with Gasteiger partial charge < -0.3 is 19.2 Å². The molecule has 0 spiro atoms. The first-order valence-corrected chi connectivity index (χ1v) is 11.8. The Morgan fingerprint density at radius 2 is 1.97 bits per heavy atom. The van der Waals surface area contributed by atoms with Gasteiger partial charge >= 0.3 is 5.97 Å². The van der Waals surface area contributed by atoms with Gasteiger partial charge in [0.05, 0.1) is 17.2 Å². The van der Waals surface area contributed by atoms with Crippen LogP contribution in [0, 0.1) is 0 Å². The predicted molar refractivity (Wildman–Crippen MR) is 124 cm³/mol. The Kier molecular flexibility index (Phi) is 7.17. The smallest absolute Gasteiger partial charge is 0.341 e. The monoisotopic (exact) mass is 473 g/mol. The van der Waals surface area contributed by atoms with Gasteiger partial charge in [-0.15, -0.1) is 11.3 Å². The highest BCUT2D eigenvalue weighted by molar-refractivity contribution is 7.17. The van der Waals surface area contributed by atoms with Crippen molar-refractivity contribution < 1.29 is 23.5 Å². The lowest BCUT2D eigenvalue weighted by Crippen LogP contribution is -2.15. The molecule has 3 aromatic rings. The number of carbonyl (C=O) groups excluding carboxylic acids is 2. The fraction of sp³-hybridized carbons (Fsp3) is 0.333. The third kappa shape index (κ3) is 5.00. The van der Waals surface area contributed by atoms with Gasteiger partial charge in [0.15, 0.2) is 5.76 Å². The van der Waals surface area contributed by atoms with Crippen molar-refractivity contribution in [1.29, 1.82) is 0 Å². The number of rotatable bonds is 8. The number of esters is 1. The lowest BCUT2D eigenvalue weighted by molar-refractivity contribution is 0.0505. The minimum Gasteiger partial charge on any atom is -0.484 e. The van der Waals surface area contributed by atoms with Gasteiger partial charge in [-0.1, -0.05) is 30.7 Å². The van der Waals surface area contributed by atoms with Crippen molar-refractivity contribution in [1.82, 2.24) is 0 Å². The zero-order valence-electron chi connectivity index (χ0n) is 17.7. The molecule has 8 heteroatoms.